The van der Waals surface area contributed by atoms with Crippen molar-refractivity contribution in [1.29, 1.82) is 0 Å². The van der Waals surface area contributed by atoms with Gasteiger partial charge in [0.25, 0.3) is 0 Å². The van der Waals surface area contributed by atoms with Gasteiger partial charge in [-0.05, 0) is 25.7 Å². The van der Waals surface area contributed by atoms with E-state index < -0.39 is 0 Å². The van der Waals surface area contributed by atoms with Crippen LogP contribution in [0.1, 0.15) is 39.5 Å². The van der Waals surface area contributed by atoms with Gasteiger partial charge < -0.3 is 11.1 Å². The number of hydrogen-bond acceptors (Lipinski definition) is 1. The summed E-state index contributed by atoms with van der Waals surface area (Å²) in [5.74, 6) is 1.25. The molecular formula is C10H21N3. The Morgan fingerprint density at radius 3 is 2.77 bits per heavy atom. The van der Waals surface area contributed by atoms with Gasteiger partial charge in [0, 0.05) is 12.6 Å². The van der Waals surface area contributed by atoms with Crippen molar-refractivity contribution in [3.8, 4) is 0 Å². The summed E-state index contributed by atoms with van der Waals surface area (Å²) >= 11 is 0. The molecule has 3 nitrogen and oxygen atoms in total. The Morgan fingerprint density at radius 2 is 2.23 bits per heavy atom. The molecule has 2 unspecified atom stereocenters. The molecule has 0 spiro atoms. The molecule has 1 rings (SSSR count). The van der Waals surface area contributed by atoms with Gasteiger partial charge in [0.15, 0.2) is 5.96 Å². The zero-order valence-electron chi connectivity index (χ0n) is 8.93. The van der Waals surface area contributed by atoms with Gasteiger partial charge in [0.2, 0.25) is 0 Å². The Kier molecular flexibility index (Phi) is 3.17. The Morgan fingerprint density at radius 1 is 1.54 bits per heavy atom. The maximum atomic E-state index is 5.69. The average Bonchev–Trinajstić information content (AvgIpc) is 2.10. The normalized spacial score (nSPS) is 35.9. The van der Waals surface area contributed by atoms with Crippen LogP contribution in [0.3, 0.4) is 0 Å². The molecule has 0 aliphatic heterocycles. The van der Waals surface area contributed by atoms with Crippen molar-refractivity contribution in [2.24, 2.45) is 16.6 Å². The molecule has 3 heteroatoms. The van der Waals surface area contributed by atoms with Gasteiger partial charge in [-0.1, -0.05) is 19.8 Å². The zero-order chi connectivity index (χ0) is 9.90. The molecule has 1 saturated carbocycles. The monoisotopic (exact) mass is 183 g/mol. The van der Waals surface area contributed by atoms with Crippen molar-refractivity contribution >= 4 is 5.96 Å². The molecule has 0 amide bonds. The molecule has 2 atom stereocenters. The van der Waals surface area contributed by atoms with Crippen LogP contribution >= 0.6 is 0 Å². The fourth-order valence-corrected chi connectivity index (χ4v) is 2.04. The molecule has 0 heterocycles. The lowest BCUT2D eigenvalue weighted by molar-refractivity contribution is 0.200. The van der Waals surface area contributed by atoms with Crippen LogP contribution in [0.15, 0.2) is 4.99 Å². The van der Waals surface area contributed by atoms with Crippen LogP contribution in [0.25, 0.3) is 0 Å². The topological polar surface area (TPSA) is 50.4 Å². The van der Waals surface area contributed by atoms with Crippen molar-refractivity contribution in [2.45, 2.75) is 45.1 Å². The largest absolute Gasteiger partial charge is 0.370 e. The molecule has 3 N–H and O–H groups in total. The van der Waals surface area contributed by atoms with E-state index in [4.69, 9.17) is 5.73 Å². The van der Waals surface area contributed by atoms with E-state index in [1.54, 1.807) is 7.05 Å². The van der Waals surface area contributed by atoms with Gasteiger partial charge in [-0.15, -0.1) is 0 Å². The third kappa shape index (κ3) is 2.36. The number of guanidine groups is 1. The van der Waals surface area contributed by atoms with Crippen molar-refractivity contribution in [1.82, 2.24) is 5.32 Å². The second-order valence-electron chi connectivity index (χ2n) is 4.30. The third-order valence-corrected chi connectivity index (χ3v) is 3.33. The molecule has 0 aromatic heterocycles. The minimum absolute atomic E-state index is 0.155. The molecule has 0 saturated heterocycles. The van der Waals surface area contributed by atoms with Gasteiger partial charge >= 0.3 is 0 Å². The Labute approximate surface area is 80.8 Å². The van der Waals surface area contributed by atoms with Gasteiger partial charge in [0.1, 0.15) is 0 Å². The third-order valence-electron chi connectivity index (χ3n) is 3.33. The van der Waals surface area contributed by atoms with E-state index in [1.165, 1.54) is 25.7 Å². The number of aliphatic imine (C=N–C) groups is 1. The molecule has 1 aliphatic rings. The first kappa shape index (κ1) is 10.4. The maximum absolute atomic E-state index is 5.69. The number of nitrogens with zero attached hydrogens (tertiary/aromatic N) is 1. The van der Waals surface area contributed by atoms with Crippen LogP contribution < -0.4 is 11.1 Å². The SMILES string of the molecule is CN=C(N)NC1(C)CCCCC1C. The van der Waals surface area contributed by atoms with Crippen molar-refractivity contribution in [3.63, 3.8) is 0 Å². The minimum atomic E-state index is 0.155. The van der Waals surface area contributed by atoms with Crippen LogP contribution in [-0.2, 0) is 0 Å². The fourth-order valence-electron chi connectivity index (χ4n) is 2.04. The molecule has 1 aliphatic carbocycles. The highest BCUT2D eigenvalue weighted by Crippen LogP contribution is 2.32. The molecule has 76 valence electrons. The molecule has 1 fully saturated rings. The average molecular weight is 183 g/mol. The molecular weight excluding hydrogens is 162 g/mol. The summed E-state index contributed by atoms with van der Waals surface area (Å²) in [6.45, 7) is 4.53. The zero-order valence-corrected chi connectivity index (χ0v) is 8.93. The second-order valence-corrected chi connectivity index (χ2v) is 4.30. The van der Waals surface area contributed by atoms with Crippen LogP contribution in [0.5, 0.6) is 0 Å². The fraction of sp³-hybridized carbons (Fsp3) is 0.900. The van der Waals surface area contributed by atoms with E-state index in [-0.39, 0.29) is 5.54 Å². The summed E-state index contributed by atoms with van der Waals surface area (Å²) < 4.78 is 0. The van der Waals surface area contributed by atoms with Gasteiger partial charge in [-0.3, -0.25) is 4.99 Å². The van der Waals surface area contributed by atoms with E-state index in [1.807, 2.05) is 0 Å². The molecule has 0 aromatic carbocycles. The minimum Gasteiger partial charge on any atom is -0.370 e. The highest BCUT2D eigenvalue weighted by atomic mass is 15.1. The Bertz CT molecular complexity index is 200. The summed E-state index contributed by atoms with van der Waals surface area (Å²) in [7, 11) is 1.72. The van der Waals surface area contributed by atoms with Crippen LogP contribution in [0.4, 0.5) is 0 Å². The quantitative estimate of drug-likeness (QED) is 0.478. The predicted octanol–water partition coefficient (Wildman–Crippen LogP) is 1.49. The lowest BCUT2D eigenvalue weighted by Gasteiger charge is -2.40. The second kappa shape index (κ2) is 3.99. The lowest BCUT2D eigenvalue weighted by atomic mass is 9.75. The first-order valence-corrected chi connectivity index (χ1v) is 5.09. The van der Waals surface area contributed by atoms with E-state index in [0.29, 0.717) is 11.9 Å². The van der Waals surface area contributed by atoms with Crippen molar-refractivity contribution in [3.05, 3.63) is 0 Å². The van der Waals surface area contributed by atoms with Gasteiger partial charge in [-0.25, -0.2) is 0 Å². The summed E-state index contributed by atoms with van der Waals surface area (Å²) in [4.78, 5) is 3.95. The summed E-state index contributed by atoms with van der Waals surface area (Å²) in [6, 6.07) is 0. The van der Waals surface area contributed by atoms with Gasteiger partial charge in [0.05, 0.1) is 0 Å². The Balaban J connectivity index is 2.61. The standard InChI is InChI=1S/C10H21N3/c1-8-6-4-5-7-10(8,2)13-9(11)12-3/h8H,4-7H2,1-3H3,(H3,11,12,13). The molecule has 0 radical (unpaired) electrons. The van der Waals surface area contributed by atoms with Crippen LogP contribution in [0.2, 0.25) is 0 Å². The number of hydrogen-bond donors (Lipinski definition) is 2. The summed E-state index contributed by atoms with van der Waals surface area (Å²) in [6.07, 6.45) is 5.14. The number of nitrogens with two attached hydrogens (primary N) is 1. The van der Waals surface area contributed by atoms with E-state index in [9.17, 15) is 0 Å². The summed E-state index contributed by atoms with van der Waals surface area (Å²) in [5, 5.41) is 3.32. The predicted molar refractivity (Wildman–Crippen MR) is 56.7 cm³/mol. The lowest BCUT2D eigenvalue weighted by Crippen LogP contribution is -2.54. The highest BCUT2D eigenvalue weighted by molar-refractivity contribution is 5.78. The Hall–Kier alpha value is -0.730. The highest BCUT2D eigenvalue weighted by Gasteiger charge is 2.33. The van der Waals surface area contributed by atoms with E-state index >= 15 is 0 Å². The van der Waals surface area contributed by atoms with Crippen LogP contribution in [0, 0.1) is 5.92 Å². The maximum Gasteiger partial charge on any atom is 0.188 e. The molecule has 0 aromatic rings. The first-order chi connectivity index (χ1) is 6.08. The van der Waals surface area contributed by atoms with E-state index in [2.05, 4.69) is 24.2 Å². The number of rotatable bonds is 1. The number of nitrogens with one attached hydrogen (secondary N) is 1. The van der Waals surface area contributed by atoms with Crippen molar-refractivity contribution < 1.29 is 0 Å². The smallest absolute Gasteiger partial charge is 0.188 e. The molecule has 13 heavy (non-hydrogen) atoms. The van der Waals surface area contributed by atoms with E-state index in [0.717, 1.165) is 0 Å². The summed E-state index contributed by atoms with van der Waals surface area (Å²) in [5.41, 5.74) is 5.84. The first-order valence-electron chi connectivity index (χ1n) is 5.09. The molecule has 0 bridgehead atoms. The van der Waals surface area contributed by atoms with Gasteiger partial charge in [-0.2, -0.15) is 0 Å². The van der Waals surface area contributed by atoms with Crippen LogP contribution in [-0.4, -0.2) is 18.5 Å². The van der Waals surface area contributed by atoms with Crippen molar-refractivity contribution in [2.75, 3.05) is 7.05 Å².